The van der Waals surface area contributed by atoms with Gasteiger partial charge in [0, 0.05) is 5.69 Å². The Kier molecular flexibility index (Phi) is 6.97. The molecule has 0 saturated carbocycles. The number of anilines is 1. The van der Waals surface area contributed by atoms with E-state index in [-0.39, 0.29) is 28.6 Å². The second-order valence-corrected chi connectivity index (χ2v) is 8.62. The quantitative estimate of drug-likeness (QED) is 0.508. The second kappa shape index (κ2) is 9.65. The molecule has 3 rings (SSSR count). The summed E-state index contributed by atoms with van der Waals surface area (Å²) in [6, 6.07) is 20.2. The van der Waals surface area contributed by atoms with E-state index in [0.29, 0.717) is 11.4 Å². The van der Waals surface area contributed by atoms with Crippen LogP contribution in [-0.2, 0) is 10.0 Å². The Labute approximate surface area is 180 Å². The van der Waals surface area contributed by atoms with Gasteiger partial charge in [-0.05, 0) is 55.0 Å². The van der Waals surface area contributed by atoms with Crippen molar-refractivity contribution in [1.82, 2.24) is 5.32 Å². The molecule has 30 heavy (non-hydrogen) atoms. The number of nitrogens with one attached hydrogen (secondary N) is 2. The smallest absolute Gasteiger partial charge is 0.261 e. The molecule has 0 atom stereocenters. The number of hydrogen-bond donors (Lipinski definition) is 2. The predicted octanol–water partition coefficient (Wildman–Crippen LogP) is 4.26. The van der Waals surface area contributed by atoms with Crippen LogP contribution in [0.4, 0.5) is 5.69 Å². The van der Waals surface area contributed by atoms with Crippen molar-refractivity contribution in [3.63, 3.8) is 0 Å². The van der Waals surface area contributed by atoms with Gasteiger partial charge in [0.05, 0.1) is 22.0 Å². The largest absolute Gasteiger partial charge is 0.492 e. The average molecular weight is 445 g/mol. The third kappa shape index (κ3) is 5.75. The van der Waals surface area contributed by atoms with Gasteiger partial charge in [-0.1, -0.05) is 41.9 Å². The molecular weight excluding hydrogens is 424 g/mol. The third-order valence-corrected chi connectivity index (χ3v) is 5.87. The van der Waals surface area contributed by atoms with Gasteiger partial charge in [0.15, 0.2) is 0 Å². The maximum Gasteiger partial charge on any atom is 0.261 e. The van der Waals surface area contributed by atoms with Gasteiger partial charge >= 0.3 is 0 Å². The van der Waals surface area contributed by atoms with E-state index < -0.39 is 15.9 Å². The summed E-state index contributed by atoms with van der Waals surface area (Å²) in [7, 11) is -3.88. The fourth-order valence-electron chi connectivity index (χ4n) is 2.71. The summed E-state index contributed by atoms with van der Waals surface area (Å²) in [6.07, 6.45) is 0. The Hall–Kier alpha value is -3.03. The zero-order valence-electron chi connectivity index (χ0n) is 16.3. The van der Waals surface area contributed by atoms with Crippen LogP contribution >= 0.6 is 11.6 Å². The van der Waals surface area contributed by atoms with Gasteiger partial charge in [0.2, 0.25) is 0 Å². The molecule has 2 N–H and O–H groups in total. The summed E-state index contributed by atoms with van der Waals surface area (Å²) in [4.78, 5) is 12.4. The Bertz CT molecular complexity index is 1130. The van der Waals surface area contributed by atoms with Crippen LogP contribution in [0.1, 0.15) is 15.9 Å². The van der Waals surface area contributed by atoms with Crippen molar-refractivity contribution >= 4 is 33.2 Å². The summed E-state index contributed by atoms with van der Waals surface area (Å²) in [5.41, 5.74) is 1.43. The van der Waals surface area contributed by atoms with Gasteiger partial charge in [-0.25, -0.2) is 8.42 Å². The van der Waals surface area contributed by atoms with Crippen LogP contribution in [0.25, 0.3) is 0 Å². The third-order valence-electron chi connectivity index (χ3n) is 4.16. The number of benzene rings is 3. The van der Waals surface area contributed by atoms with Gasteiger partial charge in [-0.2, -0.15) is 0 Å². The number of rotatable bonds is 8. The number of aryl methyl sites for hydroxylation is 1. The van der Waals surface area contributed by atoms with E-state index >= 15 is 0 Å². The normalized spacial score (nSPS) is 11.0. The van der Waals surface area contributed by atoms with E-state index in [1.807, 2.05) is 43.3 Å². The van der Waals surface area contributed by atoms with Crippen LogP contribution < -0.4 is 14.8 Å². The fourth-order valence-corrected chi connectivity index (χ4v) is 3.99. The predicted molar refractivity (Wildman–Crippen MR) is 118 cm³/mol. The molecule has 0 unspecified atom stereocenters. The van der Waals surface area contributed by atoms with E-state index in [2.05, 4.69) is 10.0 Å². The molecule has 0 aliphatic heterocycles. The Morgan fingerprint density at radius 1 is 1.00 bits per heavy atom. The zero-order valence-corrected chi connectivity index (χ0v) is 17.8. The van der Waals surface area contributed by atoms with Gasteiger partial charge in [0.1, 0.15) is 12.4 Å². The minimum atomic E-state index is -3.88. The van der Waals surface area contributed by atoms with E-state index in [9.17, 15) is 13.2 Å². The molecule has 8 heteroatoms. The highest BCUT2D eigenvalue weighted by atomic mass is 35.5. The highest BCUT2D eigenvalue weighted by Gasteiger charge is 2.19. The van der Waals surface area contributed by atoms with Crippen LogP contribution in [0, 0.1) is 6.92 Å². The second-order valence-electron chi connectivity index (χ2n) is 6.53. The van der Waals surface area contributed by atoms with E-state index in [4.69, 9.17) is 16.3 Å². The van der Waals surface area contributed by atoms with Crippen LogP contribution in [-0.4, -0.2) is 27.5 Å². The Balaban J connectivity index is 1.67. The molecule has 0 fully saturated rings. The highest BCUT2D eigenvalue weighted by molar-refractivity contribution is 7.92. The molecule has 3 aromatic carbocycles. The number of sulfonamides is 1. The standard InChI is InChI=1S/C22H21ClN2O4S/c1-16-6-5-7-17(14-16)25-30(27,28)19-10-11-21(23)20(15-19)22(26)24-12-13-29-18-8-3-2-4-9-18/h2-11,14-15,25H,12-13H2,1H3,(H,24,26). The molecule has 0 aliphatic carbocycles. The van der Waals surface area contributed by atoms with Crippen molar-refractivity contribution in [3.8, 4) is 5.75 Å². The number of carbonyl (C=O) groups is 1. The Morgan fingerprint density at radius 2 is 1.77 bits per heavy atom. The monoisotopic (exact) mass is 444 g/mol. The van der Waals surface area contributed by atoms with E-state index in [1.165, 1.54) is 18.2 Å². The molecule has 0 bridgehead atoms. The van der Waals surface area contributed by atoms with Gasteiger partial charge < -0.3 is 10.1 Å². The maximum absolute atomic E-state index is 12.7. The zero-order chi connectivity index (χ0) is 21.6. The molecule has 0 saturated heterocycles. The maximum atomic E-state index is 12.7. The first-order valence-corrected chi connectivity index (χ1v) is 11.1. The van der Waals surface area contributed by atoms with Crippen LogP contribution in [0.15, 0.2) is 77.7 Å². The number of ether oxygens (including phenoxy) is 1. The molecule has 0 radical (unpaired) electrons. The van der Waals surface area contributed by atoms with Crippen molar-refractivity contribution in [3.05, 3.63) is 88.9 Å². The van der Waals surface area contributed by atoms with Gasteiger partial charge in [-0.15, -0.1) is 0 Å². The first kappa shape index (κ1) is 21.7. The molecule has 156 valence electrons. The lowest BCUT2D eigenvalue weighted by atomic mass is 10.2. The van der Waals surface area contributed by atoms with Crippen LogP contribution in [0.3, 0.4) is 0 Å². The van der Waals surface area contributed by atoms with Crippen molar-refractivity contribution < 1.29 is 17.9 Å². The lowest BCUT2D eigenvalue weighted by Crippen LogP contribution is -2.28. The van der Waals surface area contributed by atoms with Crippen molar-refractivity contribution in [2.45, 2.75) is 11.8 Å². The minimum Gasteiger partial charge on any atom is -0.492 e. The van der Waals surface area contributed by atoms with Crippen LogP contribution in [0.2, 0.25) is 5.02 Å². The molecule has 1 amide bonds. The molecular formula is C22H21ClN2O4S. The lowest BCUT2D eigenvalue weighted by molar-refractivity contribution is 0.0947. The summed E-state index contributed by atoms with van der Waals surface area (Å²) >= 11 is 6.12. The topological polar surface area (TPSA) is 84.5 Å². The summed E-state index contributed by atoms with van der Waals surface area (Å²) < 4.78 is 33.5. The summed E-state index contributed by atoms with van der Waals surface area (Å²) in [5.74, 6) is 0.212. The molecule has 6 nitrogen and oxygen atoms in total. The first-order valence-electron chi connectivity index (χ1n) is 9.20. The van der Waals surface area contributed by atoms with Crippen molar-refractivity contribution in [2.75, 3.05) is 17.9 Å². The van der Waals surface area contributed by atoms with Crippen molar-refractivity contribution in [1.29, 1.82) is 0 Å². The van der Waals surface area contributed by atoms with Crippen molar-refractivity contribution in [2.24, 2.45) is 0 Å². The summed E-state index contributed by atoms with van der Waals surface area (Å²) in [5, 5.41) is 2.84. The number of hydrogen-bond acceptors (Lipinski definition) is 4. The first-order chi connectivity index (χ1) is 14.3. The SMILES string of the molecule is Cc1cccc(NS(=O)(=O)c2ccc(Cl)c(C(=O)NCCOc3ccccc3)c2)c1. The number of carbonyl (C=O) groups excluding carboxylic acids is 1. The number of para-hydroxylation sites is 1. The van der Waals surface area contributed by atoms with Crippen LogP contribution in [0.5, 0.6) is 5.75 Å². The average Bonchev–Trinajstić information content (AvgIpc) is 2.71. The Morgan fingerprint density at radius 3 is 2.50 bits per heavy atom. The molecule has 0 spiro atoms. The number of amides is 1. The summed E-state index contributed by atoms with van der Waals surface area (Å²) in [6.45, 7) is 2.37. The molecule has 0 heterocycles. The minimum absolute atomic E-state index is 0.0564. The fraction of sp³-hybridized carbons (Fsp3) is 0.136. The molecule has 0 aliphatic rings. The lowest BCUT2D eigenvalue weighted by Gasteiger charge is -2.12. The number of halogens is 1. The van der Waals surface area contributed by atoms with E-state index in [0.717, 1.165) is 5.56 Å². The van der Waals surface area contributed by atoms with Gasteiger partial charge in [0.25, 0.3) is 15.9 Å². The van der Waals surface area contributed by atoms with Gasteiger partial charge in [-0.3, -0.25) is 9.52 Å². The molecule has 0 aromatic heterocycles. The highest BCUT2D eigenvalue weighted by Crippen LogP contribution is 2.23. The van der Waals surface area contributed by atoms with E-state index in [1.54, 1.807) is 18.2 Å². The molecule has 3 aromatic rings.